The minimum Gasteiger partial charge on any atom is -0.393 e. The van der Waals surface area contributed by atoms with Crippen molar-refractivity contribution in [2.75, 3.05) is 19.6 Å². The minimum atomic E-state index is -0.253. The maximum absolute atomic E-state index is 14.7. The van der Waals surface area contributed by atoms with Gasteiger partial charge in [0.25, 0.3) is 0 Å². The molecule has 0 radical (unpaired) electrons. The number of hydrogen-bond acceptors (Lipinski definition) is 3. The number of carbonyl (C=O) groups excluding carboxylic acids is 1. The Morgan fingerprint density at radius 1 is 0.881 bits per heavy atom. The van der Waals surface area contributed by atoms with E-state index in [9.17, 15) is 9.90 Å². The van der Waals surface area contributed by atoms with E-state index in [-0.39, 0.29) is 33.3 Å². The van der Waals surface area contributed by atoms with Crippen molar-refractivity contribution in [2.45, 2.75) is 144 Å². The van der Waals surface area contributed by atoms with Gasteiger partial charge in [0.05, 0.1) is 11.5 Å². The van der Waals surface area contributed by atoms with E-state index < -0.39 is 0 Å². The van der Waals surface area contributed by atoms with Crippen LogP contribution in [0, 0.1) is 56.7 Å². The zero-order valence-electron chi connectivity index (χ0n) is 28.6. The number of fused-ring (bicyclic) bond motifs is 7. The molecule has 5 saturated carbocycles. The molecule has 1 saturated heterocycles. The van der Waals surface area contributed by atoms with E-state index in [1.807, 2.05) is 0 Å². The summed E-state index contributed by atoms with van der Waals surface area (Å²) in [6, 6.07) is 0. The second-order valence-electron chi connectivity index (χ2n) is 18.5. The molecule has 0 aromatic carbocycles. The fraction of sp³-hybridized carbons (Fsp3) is 0.921. The Kier molecular flexibility index (Phi) is 7.46. The molecule has 238 valence electrons. The lowest BCUT2D eigenvalue weighted by Crippen LogP contribution is -2.68. The molecule has 0 unspecified atom stereocenters. The van der Waals surface area contributed by atoms with Crippen LogP contribution in [0.5, 0.6) is 0 Å². The van der Waals surface area contributed by atoms with Crippen molar-refractivity contribution in [3.05, 3.63) is 12.2 Å². The molecule has 4 heteroatoms. The maximum atomic E-state index is 14.7. The number of aliphatic hydroxyl groups excluding tert-OH is 1. The van der Waals surface area contributed by atoms with Gasteiger partial charge in [-0.2, -0.15) is 0 Å². The first-order chi connectivity index (χ1) is 19.5. The van der Waals surface area contributed by atoms with Crippen LogP contribution in [0.2, 0.25) is 0 Å². The van der Waals surface area contributed by atoms with Gasteiger partial charge in [-0.25, -0.2) is 0 Å². The Morgan fingerprint density at radius 3 is 2.24 bits per heavy atom. The zero-order chi connectivity index (χ0) is 30.5. The highest BCUT2D eigenvalue weighted by Gasteiger charge is 2.72. The fourth-order valence-electron chi connectivity index (χ4n) is 13.5. The Morgan fingerprint density at radius 2 is 1.57 bits per heavy atom. The zero-order valence-corrected chi connectivity index (χ0v) is 28.6. The van der Waals surface area contributed by atoms with Crippen molar-refractivity contribution in [2.24, 2.45) is 56.7 Å². The lowest BCUT2D eigenvalue weighted by molar-refractivity contribution is -0.246. The molecule has 2 N–H and O–H groups in total. The first-order valence-corrected chi connectivity index (χ1v) is 17.9. The van der Waals surface area contributed by atoms with Crippen molar-refractivity contribution in [3.8, 4) is 0 Å². The van der Waals surface area contributed by atoms with Crippen LogP contribution in [-0.2, 0) is 4.79 Å². The van der Waals surface area contributed by atoms with E-state index in [2.05, 4.69) is 72.2 Å². The van der Waals surface area contributed by atoms with E-state index in [4.69, 9.17) is 0 Å². The number of nitrogens with zero attached hydrogens (tertiary/aromatic N) is 1. The molecule has 6 rings (SSSR count). The normalized spacial score (nSPS) is 48.5. The molecular weight excluding hydrogens is 516 g/mol. The fourth-order valence-corrected chi connectivity index (χ4v) is 13.5. The van der Waals surface area contributed by atoms with Crippen LogP contribution in [0.15, 0.2) is 12.2 Å². The van der Waals surface area contributed by atoms with Gasteiger partial charge in [0.15, 0.2) is 0 Å². The maximum Gasteiger partial charge on any atom is 0.226 e. The molecule has 42 heavy (non-hydrogen) atoms. The summed E-state index contributed by atoms with van der Waals surface area (Å²) in [5.74, 6) is 3.08. The topological polar surface area (TPSA) is 52.6 Å². The van der Waals surface area contributed by atoms with Gasteiger partial charge in [0, 0.05) is 12.1 Å². The highest BCUT2D eigenvalue weighted by molar-refractivity contribution is 5.84. The third-order valence-electron chi connectivity index (χ3n) is 15.8. The van der Waals surface area contributed by atoms with Crippen molar-refractivity contribution in [3.63, 3.8) is 0 Å². The summed E-state index contributed by atoms with van der Waals surface area (Å²) in [6.07, 6.45) is 13.9. The predicted octanol–water partition coefficient (Wildman–Crippen LogP) is 8.00. The molecule has 0 aromatic heterocycles. The second-order valence-corrected chi connectivity index (χ2v) is 18.5. The third-order valence-corrected chi connectivity index (χ3v) is 15.8. The summed E-state index contributed by atoms with van der Waals surface area (Å²) < 4.78 is 0. The van der Waals surface area contributed by atoms with E-state index in [0.29, 0.717) is 40.9 Å². The lowest BCUT2D eigenvalue weighted by Gasteiger charge is -2.72. The van der Waals surface area contributed by atoms with Crippen LogP contribution in [0.25, 0.3) is 0 Å². The van der Waals surface area contributed by atoms with Crippen molar-refractivity contribution in [1.29, 1.82) is 0 Å². The first-order valence-electron chi connectivity index (χ1n) is 17.9. The Hall–Kier alpha value is -0.870. The van der Waals surface area contributed by atoms with Crippen molar-refractivity contribution in [1.82, 2.24) is 10.2 Å². The molecule has 0 spiro atoms. The van der Waals surface area contributed by atoms with Gasteiger partial charge in [0.2, 0.25) is 5.91 Å². The molecule has 10 atom stereocenters. The smallest absolute Gasteiger partial charge is 0.226 e. The average Bonchev–Trinajstić information content (AvgIpc) is 3.55. The number of aliphatic hydroxyl groups is 1. The SMILES string of the molecule is C=C(C)[C@@H]1CC[C@]2(C(=O)NC(C)(C)CN3CCCC3)CC[C@]3(C)[C@H](CC[C@@H]4[C@@]5(C)CC[C@H](O)C(C)(C)[C@@H]5CC[C@]43C)[C@@H]12. The lowest BCUT2D eigenvalue weighted by atomic mass is 9.32. The number of hydrogen-bond donors (Lipinski definition) is 2. The summed E-state index contributed by atoms with van der Waals surface area (Å²) >= 11 is 0. The van der Waals surface area contributed by atoms with Gasteiger partial charge in [-0.3, -0.25) is 4.79 Å². The standard InChI is InChI=1S/C38H64N2O2/c1-25(2)26-14-19-38(32(42)39-33(3,4)24-40-22-10-11-23-40)21-20-36(8)27(31(26)38)12-13-29-35(7)17-16-30(41)34(5,6)28(35)15-18-37(29,36)9/h26-31,41H,1,10-24H2,2-9H3,(H,39,42)/t26-,27+,28-,29+,30-,31+,35-,36+,37+,38-/m0/s1. The molecule has 6 fully saturated rings. The van der Waals surface area contributed by atoms with Crippen LogP contribution in [0.3, 0.4) is 0 Å². The van der Waals surface area contributed by atoms with Gasteiger partial charge in [-0.15, -0.1) is 0 Å². The summed E-state index contributed by atoms with van der Waals surface area (Å²) in [4.78, 5) is 17.2. The number of rotatable bonds is 5. The van der Waals surface area contributed by atoms with Crippen molar-refractivity contribution < 1.29 is 9.90 Å². The van der Waals surface area contributed by atoms with Gasteiger partial charge < -0.3 is 15.3 Å². The average molecular weight is 581 g/mol. The number of amides is 1. The summed E-state index contributed by atoms with van der Waals surface area (Å²) in [5, 5.41) is 14.7. The summed E-state index contributed by atoms with van der Waals surface area (Å²) in [5.41, 5.74) is 1.64. The molecule has 1 heterocycles. The highest BCUT2D eigenvalue weighted by atomic mass is 16.3. The number of carbonyl (C=O) groups is 1. The van der Waals surface area contributed by atoms with Crippen LogP contribution in [-0.4, -0.2) is 47.2 Å². The van der Waals surface area contributed by atoms with Gasteiger partial charge in [-0.05, 0) is 162 Å². The van der Waals surface area contributed by atoms with Gasteiger partial charge in [0.1, 0.15) is 0 Å². The number of allylic oxidation sites excluding steroid dienone is 1. The van der Waals surface area contributed by atoms with Crippen LogP contribution < -0.4 is 5.32 Å². The molecule has 4 nitrogen and oxygen atoms in total. The van der Waals surface area contributed by atoms with E-state index in [1.165, 1.54) is 70.0 Å². The minimum absolute atomic E-state index is 0.00966. The van der Waals surface area contributed by atoms with Crippen LogP contribution in [0.4, 0.5) is 0 Å². The Bertz CT molecular complexity index is 1090. The molecule has 5 aliphatic carbocycles. The van der Waals surface area contributed by atoms with Crippen LogP contribution in [0.1, 0.15) is 132 Å². The Labute approximate surface area is 258 Å². The van der Waals surface area contributed by atoms with E-state index in [1.54, 1.807) is 0 Å². The van der Waals surface area contributed by atoms with Crippen LogP contribution >= 0.6 is 0 Å². The molecule has 0 bridgehead atoms. The highest BCUT2D eigenvalue weighted by Crippen LogP contribution is 2.77. The Balaban J connectivity index is 1.32. The molecule has 0 aromatic rings. The number of likely N-dealkylation sites (tertiary alicyclic amines) is 1. The molecule has 1 amide bonds. The monoisotopic (exact) mass is 580 g/mol. The van der Waals surface area contributed by atoms with E-state index in [0.717, 1.165) is 32.2 Å². The molecule has 1 aliphatic heterocycles. The quantitative estimate of drug-likeness (QED) is 0.324. The summed E-state index contributed by atoms with van der Waals surface area (Å²) in [7, 11) is 0. The molecule has 6 aliphatic rings. The molecular formula is C38H64N2O2. The number of nitrogens with one attached hydrogen (secondary N) is 1. The summed E-state index contributed by atoms with van der Waals surface area (Å²) in [6.45, 7) is 27.3. The third kappa shape index (κ3) is 4.29. The largest absolute Gasteiger partial charge is 0.393 e. The second kappa shape index (κ2) is 10.1. The predicted molar refractivity (Wildman–Crippen MR) is 173 cm³/mol. The van der Waals surface area contributed by atoms with E-state index >= 15 is 0 Å². The van der Waals surface area contributed by atoms with Gasteiger partial charge in [-0.1, -0.05) is 46.8 Å². The first kappa shape index (κ1) is 31.1. The van der Waals surface area contributed by atoms with Gasteiger partial charge >= 0.3 is 0 Å². The van der Waals surface area contributed by atoms with Crippen molar-refractivity contribution >= 4 is 5.91 Å².